The van der Waals surface area contributed by atoms with Gasteiger partial charge in [-0.2, -0.15) is 9.61 Å². The summed E-state index contributed by atoms with van der Waals surface area (Å²) in [6, 6.07) is 10.1. The Labute approximate surface area is 274 Å². The number of carboxylic acids is 1. The van der Waals surface area contributed by atoms with Gasteiger partial charge in [-0.05, 0) is 85.3 Å². The van der Waals surface area contributed by atoms with Gasteiger partial charge in [0, 0.05) is 49.0 Å². The van der Waals surface area contributed by atoms with Gasteiger partial charge >= 0.3 is 5.97 Å². The zero-order valence-electron chi connectivity index (χ0n) is 27.7. The van der Waals surface area contributed by atoms with Crippen LogP contribution in [0.15, 0.2) is 36.5 Å². The molecule has 0 amide bonds. The Kier molecular flexibility index (Phi) is 9.11. The fourth-order valence-corrected chi connectivity index (χ4v) is 7.23. The molecule has 3 aromatic heterocycles. The van der Waals surface area contributed by atoms with Crippen LogP contribution in [0.2, 0.25) is 0 Å². The lowest BCUT2D eigenvalue weighted by molar-refractivity contribution is -0.160. The van der Waals surface area contributed by atoms with E-state index >= 15 is 0 Å². The molecule has 0 spiro atoms. The zero-order valence-corrected chi connectivity index (χ0v) is 28.5. The van der Waals surface area contributed by atoms with Gasteiger partial charge in [0.1, 0.15) is 22.3 Å². The molecule has 0 saturated carbocycles. The topological polar surface area (TPSA) is 111 Å². The lowest BCUT2D eigenvalue weighted by Crippen LogP contribution is -2.46. The Morgan fingerprint density at radius 2 is 1.96 bits per heavy atom. The summed E-state index contributed by atoms with van der Waals surface area (Å²) in [5.74, 6) is 0.550. The number of benzene rings is 1. The van der Waals surface area contributed by atoms with Crippen LogP contribution in [0.4, 0.5) is 5.82 Å². The molecule has 10 nitrogen and oxygen atoms in total. The highest BCUT2D eigenvalue weighted by Crippen LogP contribution is 2.39. The summed E-state index contributed by atoms with van der Waals surface area (Å²) in [4.78, 5) is 25.7. The van der Waals surface area contributed by atoms with E-state index in [1.54, 1.807) is 15.9 Å². The van der Waals surface area contributed by atoms with Gasteiger partial charge in [-0.3, -0.25) is 0 Å². The van der Waals surface area contributed by atoms with Crippen molar-refractivity contribution in [3.63, 3.8) is 0 Å². The first kappa shape index (κ1) is 32.4. The molecule has 3 aliphatic heterocycles. The van der Waals surface area contributed by atoms with E-state index in [2.05, 4.69) is 24.8 Å². The van der Waals surface area contributed by atoms with Gasteiger partial charge in [0.15, 0.2) is 11.8 Å². The second-order valence-corrected chi connectivity index (χ2v) is 14.9. The molecule has 46 heavy (non-hydrogen) atoms. The van der Waals surface area contributed by atoms with Crippen molar-refractivity contribution in [1.29, 1.82) is 0 Å². The van der Waals surface area contributed by atoms with Crippen molar-refractivity contribution >= 4 is 28.8 Å². The summed E-state index contributed by atoms with van der Waals surface area (Å²) in [6.07, 6.45) is 6.03. The van der Waals surface area contributed by atoms with E-state index in [1.165, 1.54) is 0 Å². The molecule has 1 aromatic carbocycles. The summed E-state index contributed by atoms with van der Waals surface area (Å²) in [7, 11) is 0. The summed E-state index contributed by atoms with van der Waals surface area (Å²) < 4.78 is 20.9. The number of ether oxygens (including phenoxy) is 3. The normalized spacial score (nSPS) is 21.9. The Morgan fingerprint density at radius 3 is 2.70 bits per heavy atom. The largest absolute Gasteiger partial charge is 0.490 e. The van der Waals surface area contributed by atoms with Gasteiger partial charge < -0.3 is 24.2 Å². The van der Waals surface area contributed by atoms with Crippen LogP contribution in [0.3, 0.4) is 0 Å². The maximum Gasteiger partial charge on any atom is 0.337 e. The predicted octanol–water partition coefficient (Wildman–Crippen LogP) is 7.02. The van der Waals surface area contributed by atoms with E-state index in [1.807, 2.05) is 58.2 Å². The quantitative estimate of drug-likeness (QED) is 0.251. The molecule has 246 valence electrons. The number of fused-ring (bicyclic) bond motifs is 8. The third-order valence-corrected chi connectivity index (χ3v) is 9.80. The molecular formula is C35H45N5O5S. The molecule has 1 N–H and O–H groups in total. The van der Waals surface area contributed by atoms with Crippen LogP contribution in [-0.2, 0) is 20.7 Å². The van der Waals surface area contributed by atoms with Crippen LogP contribution in [-0.4, -0.2) is 67.7 Å². The van der Waals surface area contributed by atoms with Crippen molar-refractivity contribution in [1.82, 2.24) is 19.6 Å². The van der Waals surface area contributed by atoms with Crippen molar-refractivity contribution in [2.75, 3.05) is 24.6 Å². The standard InChI is InChI=1S/C35H45N5O5S/c1-22-11-9-10-18-43-35(6)14-16-39(17-15-35)32-29(30(33(41)42)45-34(3,4)5)23(2)37-28-20-26(38-40(28)32)31-36-21-25(46-31)19-24-12-7-8-13-27(24)44-22/h7-8,12-13,20-22,30H,9-11,14-19H2,1-6H3,(H,41,42). The highest BCUT2D eigenvalue weighted by Gasteiger charge is 2.38. The molecule has 7 rings (SSSR count). The van der Waals surface area contributed by atoms with Crippen LogP contribution in [0.25, 0.3) is 16.3 Å². The van der Waals surface area contributed by atoms with E-state index in [0.717, 1.165) is 53.3 Å². The fourth-order valence-electron chi connectivity index (χ4n) is 6.34. The van der Waals surface area contributed by atoms with Crippen LogP contribution >= 0.6 is 11.3 Å². The maximum atomic E-state index is 12.8. The van der Waals surface area contributed by atoms with Gasteiger partial charge in [0.05, 0.1) is 22.9 Å². The Hall–Kier alpha value is -3.54. The molecule has 11 heteroatoms. The minimum atomic E-state index is -1.21. The van der Waals surface area contributed by atoms with Gasteiger partial charge in [-0.25, -0.2) is 14.8 Å². The number of aromatic nitrogens is 4. The minimum Gasteiger partial charge on any atom is -0.490 e. The lowest BCUT2D eigenvalue weighted by Gasteiger charge is -2.41. The van der Waals surface area contributed by atoms with Gasteiger partial charge in [-0.15, -0.1) is 11.3 Å². The Morgan fingerprint density at radius 1 is 1.20 bits per heavy atom. The first-order chi connectivity index (χ1) is 21.9. The van der Waals surface area contributed by atoms with Crippen molar-refractivity contribution in [3.05, 3.63) is 58.2 Å². The molecule has 6 heterocycles. The number of hydrogen-bond donors (Lipinski definition) is 1. The molecule has 4 aromatic rings. The van der Waals surface area contributed by atoms with Crippen LogP contribution in [0, 0.1) is 6.92 Å². The average molecular weight is 648 g/mol. The fraction of sp³-hybridized carbons (Fsp3) is 0.543. The van der Waals surface area contributed by atoms with Gasteiger partial charge in [0.25, 0.3) is 0 Å². The maximum absolute atomic E-state index is 12.8. The number of carboxylic acid groups (broad SMARTS) is 1. The summed E-state index contributed by atoms with van der Waals surface area (Å²) >= 11 is 1.60. The molecule has 0 radical (unpaired) electrons. The molecule has 2 atom stereocenters. The highest BCUT2D eigenvalue weighted by atomic mass is 32.1. The van der Waals surface area contributed by atoms with Crippen LogP contribution in [0.5, 0.6) is 5.75 Å². The smallest absolute Gasteiger partial charge is 0.337 e. The first-order valence-corrected chi connectivity index (χ1v) is 17.1. The molecule has 0 aliphatic carbocycles. The molecule has 3 aliphatic rings. The predicted molar refractivity (Wildman–Crippen MR) is 179 cm³/mol. The van der Waals surface area contributed by atoms with E-state index in [-0.39, 0.29) is 11.7 Å². The van der Waals surface area contributed by atoms with Gasteiger partial charge in [-0.1, -0.05) is 18.2 Å². The number of hydrogen-bond acceptors (Lipinski definition) is 9. The van der Waals surface area contributed by atoms with E-state index in [0.29, 0.717) is 54.5 Å². The third-order valence-electron chi connectivity index (χ3n) is 8.78. The molecular weight excluding hydrogens is 602 g/mol. The zero-order chi connectivity index (χ0) is 32.6. The molecule has 1 saturated heterocycles. The second kappa shape index (κ2) is 12.9. The van der Waals surface area contributed by atoms with E-state index in [9.17, 15) is 9.90 Å². The highest BCUT2D eigenvalue weighted by molar-refractivity contribution is 7.15. The summed E-state index contributed by atoms with van der Waals surface area (Å²) in [5, 5.41) is 16.2. The Balaban J connectivity index is 1.46. The van der Waals surface area contributed by atoms with E-state index in [4.69, 9.17) is 29.3 Å². The number of carbonyl (C=O) groups is 1. The molecule has 6 bridgehead atoms. The lowest BCUT2D eigenvalue weighted by atomic mass is 9.92. The molecule has 1 fully saturated rings. The summed E-state index contributed by atoms with van der Waals surface area (Å²) in [6.45, 7) is 13.8. The first-order valence-electron chi connectivity index (χ1n) is 16.3. The third kappa shape index (κ3) is 7.06. The average Bonchev–Trinajstić information content (AvgIpc) is 3.63. The minimum absolute atomic E-state index is 0.0966. The number of anilines is 1. The number of aliphatic carboxylic acids is 1. The molecule has 2 unspecified atom stereocenters. The number of para-hydroxylation sites is 1. The number of rotatable bonds is 3. The van der Waals surface area contributed by atoms with Crippen molar-refractivity contribution in [3.8, 4) is 16.5 Å². The second-order valence-electron chi connectivity index (χ2n) is 13.8. The summed E-state index contributed by atoms with van der Waals surface area (Å²) in [5.41, 5.74) is 2.63. The number of nitrogens with zero attached hydrogens (tertiary/aromatic N) is 5. The Bertz CT molecular complexity index is 1700. The van der Waals surface area contributed by atoms with E-state index < -0.39 is 17.7 Å². The number of thiazole rings is 1. The SMILES string of the molecule is Cc1nc2cc3nn2c(c1C(OC(C)(C)C)C(=O)O)N1CCC(C)(CC1)OCCCCC(C)Oc1ccccc1Cc1cnc-3s1. The number of piperidine rings is 1. The monoisotopic (exact) mass is 647 g/mol. The van der Waals surface area contributed by atoms with Crippen molar-refractivity contribution in [2.24, 2.45) is 0 Å². The van der Waals surface area contributed by atoms with Crippen LogP contribution in [0.1, 0.15) is 94.5 Å². The van der Waals surface area contributed by atoms with Crippen LogP contribution < -0.4 is 9.64 Å². The van der Waals surface area contributed by atoms with Crippen molar-refractivity contribution in [2.45, 2.75) is 103 Å². The van der Waals surface area contributed by atoms with Gasteiger partial charge in [0.2, 0.25) is 0 Å². The number of aryl methyl sites for hydroxylation is 1. The van der Waals surface area contributed by atoms with Crippen molar-refractivity contribution < 1.29 is 24.1 Å².